The average Bonchev–Trinajstić information content (AvgIpc) is 3.11. The van der Waals surface area contributed by atoms with Gasteiger partial charge in [0.15, 0.2) is 15.7 Å². The molecular formula is C18H20N4O4S2. The Bertz CT molecular complexity index is 1200. The van der Waals surface area contributed by atoms with E-state index in [1.54, 1.807) is 31.3 Å². The zero-order valence-corrected chi connectivity index (χ0v) is 17.1. The van der Waals surface area contributed by atoms with Gasteiger partial charge in [0.1, 0.15) is 0 Å². The predicted octanol–water partition coefficient (Wildman–Crippen LogP) is 2.10. The van der Waals surface area contributed by atoms with Crippen molar-refractivity contribution in [3.63, 3.8) is 0 Å². The summed E-state index contributed by atoms with van der Waals surface area (Å²) in [4.78, 5) is 0.389. The van der Waals surface area contributed by atoms with E-state index in [1.165, 1.54) is 31.3 Å². The van der Waals surface area contributed by atoms with Gasteiger partial charge in [0.05, 0.1) is 21.0 Å². The Balaban J connectivity index is 2.09. The van der Waals surface area contributed by atoms with Crippen LogP contribution in [0, 0.1) is 0 Å². The Labute approximate surface area is 164 Å². The lowest BCUT2D eigenvalue weighted by atomic mass is 10.0. The smallest absolute Gasteiger partial charge is 0.240 e. The lowest BCUT2D eigenvalue weighted by Crippen LogP contribution is -2.18. The van der Waals surface area contributed by atoms with Crippen LogP contribution in [0.5, 0.6) is 0 Å². The molecule has 28 heavy (non-hydrogen) atoms. The Morgan fingerprint density at radius 2 is 1.36 bits per heavy atom. The van der Waals surface area contributed by atoms with Crippen LogP contribution in [-0.2, 0) is 19.9 Å². The van der Waals surface area contributed by atoms with E-state index in [1.807, 2.05) is 0 Å². The number of aromatic nitrogens is 2. The molecular weight excluding hydrogens is 400 g/mol. The minimum atomic E-state index is -3.53. The quantitative estimate of drug-likeness (QED) is 0.561. The van der Waals surface area contributed by atoms with Crippen LogP contribution in [0.1, 0.15) is 0 Å². The number of hydrogen-bond donors (Lipinski definition) is 3. The minimum Gasteiger partial charge on any atom is -0.371 e. The van der Waals surface area contributed by atoms with Crippen molar-refractivity contribution in [2.24, 2.45) is 0 Å². The average molecular weight is 421 g/mol. The van der Waals surface area contributed by atoms with Gasteiger partial charge in [0, 0.05) is 18.9 Å². The number of nitrogens with one attached hydrogen (secondary N) is 3. The molecule has 0 unspecified atom stereocenters. The van der Waals surface area contributed by atoms with Gasteiger partial charge in [-0.3, -0.25) is 5.10 Å². The largest absolute Gasteiger partial charge is 0.371 e. The summed E-state index contributed by atoms with van der Waals surface area (Å²) in [5, 5.41) is 10.2. The lowest BCUT2D eigenvalue weighted by Gasteiger charge is -2.08. The summed E-state index contributed by atoms with van der Waals surface area (Å²) in [5.41, 5.74) is 2.95. The molecule has 0 aliphatic heterocycles. The van der Waals surface area contributed by atoms with E-state index in [0.29, 0.717) is 11.5 Å². The van der Waals surface area contributed by atoms with Gasteiger partial charge in [-0.25, -0.2) is 21.6 Å². The van der Waals surface area contributed by atoms with Crippen molar-refractivity contribution in [1.82, 2.24) is 14.9 Å². The number of anilines is 1. The first-order valence-corrected chi connectivity index (χ1v) is 11.7. The number of aromatic amines is 1. The third-order valence-corrected chi connectivity index (χ3v) is 6.85. The second-order valence-electron chi connectivity index (χ2n) is 6.10. The molecule has 0 saturated carbocycles. The van der Waals surface area contributed by atoms with Crippen molar-refractivity contribution >= 4 is 25.7 Å². The highest BCUT2D eigenvalue weighted by atomic mass is 32.2. The zero-order chi connectivity index (χ0) is 20.5. The summed E-state index contributed by atoms with van der Waals surface area (Å²) in [6.07, 6.45) is 1.16. The van der Waals surface area contributed by atoms with Gasteiger partial charge < -0.3 is 5.32 Å². The molecule has 0 radical (unpaired) electrons. The number of sulfone groups is 1. The molecule has 10 heteroatoms. The van der Waals surface area contributed by atoms with Gasteiger partial charge in [-0.1, -0.05) is 24.3 Å². The van der Waals surface area contributed by atoms with E-state index in [2.05, 4.69) is 20.2 Å². The molecule has 0 fully saturated rings. The summed E-state index contributed by atoms with van der Waals surface area (Å²) in [5.74, 6) is 0.589. The third kappa shape index (κ3) is 3.79. The van der Waals surface area contributed by atoms with Crippen LogP contribution in [-0.4, -0.2) is 47.4 Å². The summed E-state index contributed by atoms with van der Waals surface area (Å²) in [7, 11) is -3.72. The van der Waals surface area contributed by atoms with Crippen LogP contribution in [0.3, 0.4) is 0 Å². The molecule has 2 aromatic carbocycles. The fourth-order valence-electron chi connectivity index (χ4n) is 2.80. The summed E-state index contributed by atoms with van der Waals surface area (Å²) >= 11 is 0. The molecule has 0 saturated heterocycles. The van der Waals surface area contributed by atoms with Crippen molar-refractivity contribution in [2.75, 3.05) is 25.7 Å². The first kappa shape index (κ1) is 20.1. The SMILES string of the molecule is CNc1n[nH]c(-c2ccc(S(C)(=O)=O)cc2)c1-c1ccc(S(=O)(=O)NC)cc1. The molecule has 0 spiro atoms. The highest BCUT2D eigenvalue weighted by molar-refractivity contribution is 7.90. The first-order valence-electron chi connectivity index (χ1n) is 8.28. The Hall–Kier alpha value is -2.69. The van der Waals surface area contributed by atoms with Gasteiger partial charge >= 0.3 is 0 Å². The molecule has 1 aromatic heterocycles. The van der Waals surface area contributed by atoms with Crippen molar-refractivity contribution < 1.29 is 16.8 Å². The third-order valence-electron chi connectivity index (χ3n) is 4.30. The second kappa shape index (κ2) is 7.38. The van der Waals surface area contributed by atoms with E-state index >= 15 is 0 Å². The highest BCUT2D eigenvalue weighted by Gasteiger charge is 2.18. The Morgan fingerprint density at radius 1 is 0.821 bits per heavy atom. The normalized spacial score (nSPS) is 12.1. The molecule has 3 rings (SSSR count). The monoisotopic (exact) mass is 420 g/mol. The number of benzene rings is 2. The maximum Gasteiger partial charge on any atom is 0.240 e. The number of rotatable bonds is 6. The van der Waals surface area contributed by atoms with Gasteiger partial charge in [-0.2, -0.15) is 5.10 Å². The minimum absolute atomic E-state index is 0.160. The van der Waals surface area contributed by atoms with Gasteiger partial charge in [0.25, 0.3) is 0 Å². The van der Waals surface area contributed by atoms with Crippen LogP contribution in [0.25, 0.3) is 22.4 Å². The van der Waals surface area contributed by atoms with E-state index in [4.69, 9.17) is 0 Å². The molecule has 0 aliphatic carbocycles. The number of hydrogen-bond acceptors (Lipinski definition) is 6. The molecule has 1 heterocycles. The van der Waals surface area contributed by atoms with Crippen LogP contribution in [0.2, 0.25) is 0 Å². The maximum absolute atomic E-state index is 11.9. The van der Waals surface area contributed by atoms with Gasteiger partial charge in [0.2, 0.25) is 10.0 Å². The van der Waals surface area contributed by atoms with Crippen LogP contribution in [0.15, 0.2) is 58.3 Å². The van der Waals surface area contributed by atoms with Crippen LogP contribution < -0.4 is 10.0 Å². The Morgan fingerprint density at radius 3 is 1.86 bits per heavy atom. The molecule has 3 aromatic rings. The van der Waals surface area contributed by atoms with Crippen molar-refractivity contribution in [2.45, 2.75) is 9.79 Å². The fourth-order valence-corrected chi connectivity index (χ4v) is 4.16. The number of H-pyrrole nitrogens is 1. The van der Waals surface area contributed by atoms with Crippen LogP contribution >= 0.6 is 0 Å². The maximum atomic E-state index is 11.9. The molecule has 3 N–H and O–H groups in total. The second-order valence-corrected chi connectivity index (χ2v) is 10.0. The zero-order valence-electron chi connectivity index (χ0n) is 15.5. The Kier molecular flexibility index (Phi) is 5.28. The highest BCUT2D eigenvalue weighted by Crippen LogP contribution is 2.36. The molecule has 0 aliphatic rings. The summed E-state index contributed by atoms with van der Waals surface area (Å²) in [6, 6.07) is 12.9. The summed E-state index contributed by atoms with van der Waals surface area (Å²) in [6.45, 7) is 0. The molecule has 0 amide bonds. The topological polar surface area (TPSA) is 121 Å². The molecule has 0 atom stereocenters. The van der Waals surface area contributed by atoms with Crippen molar-refractivity contribution in [1.29, 1.82) is 0 Å². The van der Waals surface area contributed by atoms with Crippen molar-refractivity contribution in [3.8, 4) is 22.4 Å². The first-order chi connectivity index (χ1) is 13.2. The van der Waals surface area contributed by atoms with Crippen LogP contribution in [0.4, 0.5) is 5.82 Å². The van der Waals surface area contributed by atoms with Gasteiger partial charge in [-0.15, -0.1) is 0 Å². The van der Waals surface area contributed by atoms with E-state index in [-0.39, 0.29) is 9.79 Å². The van der Waals surface area contributed by atoms with Crippen molar-refractivity contribution in [3.05, 3.63) is 48.5 Å². The summed E-state index contributed by atoms with van der Waals surface area (Å²) < 4.78 is 49.5. The van der Waals surface area contributed by atoms with Gasteiger partial charge in [-0.05, 0) is 36.9 Å². The number of nitrogens with zero attached hydrogens (tertiary/aromatic N) is 1. The standard InChI is InChI=1S/C18H20N4O4S2/c1-19-18-16(12-4-10-15(11-5-12)28(25,26)20-2)17(21-22-18)13-6-8-14(9-7-13)27(3,23)24/h4-11,20H,1-3H3,(H2,19,21,22). The number of sulfonamides is 1. The molecule has 148 valence electrons. The van der Waals surface area contributed by atoms with E-state index in [0.717, 1.165) is 22.9 Å². The molecule has 8 nitrogen and oxygen atoms in total. The van der Waals surface area contributed by atoms with E-state index < -0.39 is 19.9 Å². The predicted molar refractivity (Wildman–Crippen MR) is 108 cm³/mol. The van der Waals surface area contributed by atoms with E-state index in [9.17, 15) is 16.8 Å². The molecule has 0 bridgehead atoms. The fraction of sp³-hybridized carbons (Fsp3) is 0.167. The lowest BCUT2D eigenvalue weighted by molar-refractivity contribution is 0.588.